The molecule has 4 heterocycles. The van der Waals surface area contributed by atoms with E-state index in [0.717, 1.165) is 56.1 Å². The summed E-state index contributed by atoms with van der Waals surface area (Å²) >= 11 is 0. The maximum atomic E-state index is 11.9. The van der Waals surface area contributed by atoms with Gasteiger partial charge in [0.2, 0.25) is 0 Å². The van der Waals surface area contributed by atoms with E-state index in [0.29, 0.717) is 12.2 Å². The molecule has 1 unspecified atom stereocenters. The van der Waals surface area contributed by atoms with Crippen molar-refractivity contribution in [1.82, 2.24) is 25.2 Å². The molecule has 142 valence electrons. The fourth-order valence-corrected chi connectivity index (χ4v) is 3.79. The summed E-state index contributed by atoms with van der Waals surface area (Å²) in [5, 5.41) is 2.88. The van der Waals surface area contributed by atoms with Crippen LogP contribution in [0.25, 0.3) is 11.4 Å². The number of hydrogen-bond donors (Lipinski definition) is 2. The average molecular weight is 368 g/mol. The van der Waals surface area contributed by atoms with Gasteiger partial charge in [0.05, 0.1) is 6.04 Å². The summed E-state index contributed by atoms with van der Waals surface area (Å²) in [4.78, 5) is 39.7. The van der Waals surface area contributed by atoms with Crippen LogP contribution in [0.3, 0.4) is 0 Å². The van der Waals surface area contributed by atoms with Crippen molar-refractivity contribution in [2.24, 2.45) is 0 Å². The number of carbonyl (C=O) groups is 1. The molecule has 8 heteroatoms. The van der Waals surface area contributed by atoms with Crippen molar-refractivity contribution < 1.29 is 4.79 Å². The Morgan fingerprint density at radius 1 is 1.26 bits per heavy atom. The van der Waals surface area contributed by atoms with Crippen molar-refractivity contribution in [3.8, 4) is 11.4 Å². The van der Waals surface area contributed by atoms with E-state index in [-0.39, 0.29) is 17.6 Å². The number of aromatic amines is 1. The van der Waals surface area contributed by atoms with Gasteiger partial charge in [-0.05, 0) is 31.4 Å². The monoisotopic (exact) mass is 368 g/mol. The van der Waals surface area contributed by atoms with Crippen LogP contribution in [0.2, 0.25) is 0 Å². The number of pyridine rings is 1. The number of hydrogen-bond acceptors (Lipinski definition) is 5. The minimum Gasteiger partial charge on any atom is -0.355 e. The Labute approximate surface area is 157 Å². The van der Waals surface area contributed by atoms with Gasteiger partial charge >= 0.3 is 6.03 Å². The molecule has 0 spiro atoms. The Morgan fingerprint density at radius 3 is 2.85 bits per heavy atom. The van der Waals surface area contributed by atoms with Gasteiger partial charge in [-0.25, -0.2) is 14.8 Å². The number of aromatic nitrogens is 3. The second-order valence-corrected chi connectivity index (χ2v) is 7.01. The van der Waals surface area contributed by atoms with Gasteiger partial charge in [-0.1, -0.05) is 6.92 Å². The van der Waals surface area contributed by atoms with E-state index >= 15 is 0 Å². The van der Waals surface area contributed by atoms with Crippen LogP contribution in [0.4, 0.5) is 10.6 Å². The summed E-state index contributed by atoms with van der Waals surface area (Å²) in [5.41, 5.74) is 1.41. The number of rotatable bonds is 4. The minimum absolute atomic E-state index is 0.0380. The van der Waals surface area contributed by atoms with Crippen LogP contribution in [0.1, 0.15) is 25.5 Å². The fraction of sp³-hybridized carbons (Fsp3) is 0.474. The molecule has 2 fully saturated rings. The van der Waals surface area contributed by atoms with E-state index in [1.54, 1.807) is 6.20 Å². The number of nitrogens with zero attached hydrogens (tertiary/aromatic N) is 4. The normalized spacial score (nSPS) is 20.0. The molecule has 2 aliphatic rings. The SMILES string of the molecule is CCc1cc(=O)[nH]c(-c2ccc(N3CCCC(N4CCNC4=O)C3)nc2)n1. The van der Waals surface area contributed by atoms with Crippen LogP contribution in [0.15, 0.2) is 29.2 Å². The van der Waals surface area contributed by atoms with Crippen LogP contribution in [-0.4, -0.2) is 58.1 Å². The molecule has 2 aromatic rings. The van der Waals surface area contributed by atoms with E-state index in [2.05, 4.69) is 25.2 Å². The van der Waals surface area contributed by atoms with E-state index in [1.165, 1.54) is 6.07 Å². The lowest BCUT2D eigenvalue weighted by Crippen LogP contribution is -2.49. The number of piperidine rings is 1. The highest BCUT2D eigenvalue weighted by atomic mass is 16.2. The summed E-state index contributed by atoms with van der Waals surface area (Å²) in [6.45, 7) is 5.19. The molecule has 0 bridgehead atoms. The molecule has 2 N–H and O–H groups in total. The number of carbonyl (C=O) groups excluding carboxylic acids is 1. The first-order chi connectivity index (χ1) is 13.1. The Kier molecular flexibility index (Phi) is 4.79. The first-order valence-electron chi connectivity index (χ1n) is 9.50. The summed E-state index contributed by atoms with van der Waals surface area (Å²) in [6, 6.07) is 5.68. The molecule has 1 atom stereocenters. The Hall–Kier alpha value is -2.90. The lowest BCUT2D eigenvalue weighted by Gasteiger charge is -2.37. The molecule has 2 amide bonds. The van der Waals surface area contributed by atoms with E-state index in [9.17, 15) is 9.59 Å². The van der Waals surface area contributed by atoms with Crippen LogP contribution >= 0.6 is 0 Å². The first-order valence-corrected chi connectivity index (χ1v) is 9.50. The predicted octanol–water partition coefficient (Wildman–Crippen LogP) is 1.39. The number of amides is 2. The van der Waals surface area contributed by atoms with Crippen molar-refractivity contribution in [1.29, 1.82) is 0 Å². The summed E-state index contributed by atoms with van der Waals surface area (Å²) < 4.78 is 0. The van der Waals surface area contributed by atoms with Gasteiger partial charge in [-0.3, -0.25) is 4.79 Å². The highest BCUT2D eigenvalue weighted by molar-refractivity contribution is 5.76. The third kappa shape index (κ3) is 3.65. The number of aryl methyl sites for hydroxylation is 1. The first kappa shape index (κ1) is 17.5. The lowest BCUT2D eigenvalue weighted by molar-refractivity contribution is 0.189. The maximum absolute atomic E-state index is 11.9. The number of urea groups is 1. The van der Waals surface area contributed by atoms with Gasteiger partial charge in [0.25, 0.3) is 5.56 Å². The standard InChI is InChI=1S/C19H24N6O2/c1-2-14-10-17(26)23-18(22-14)13-5-6-16(21-11-13)24-8-3-4-15(12-24)25-9-7-20-19(25)27/h5-6,10-11,15H,2-4,7-9,12H2,1H3,(H,20,27)(H,22,23,26). The quantitative estimate of drug-likeness (QED) is 0.850. The van der Waals surface area contributed by atoms with Crippen molar-refractivity contribution in [2.75, 3.05) is 31.1 Å². The zero-order valence-electron chi connectivity index (χ0n) is 15.4. The molecule has 4 rings (SSSR count). The molecule has 8 nitrogen and oxygen atoms in total. The second-order valence-electron chi connectivity index (χ2n) is 7.01. The molecule has 0 aromatic carbocycles. The molecule has 2 aromatic heterocycles. The van der Waals surface area contributed by atoms with Gasteiger partial charge in [-0.2, -0.15) is 0 Å². The highest BCUT2D eigenvalue weighted by Crippen LogP contribution is 2.23. The van der Waals surface area contributed by atoms with Crippen molar-refractivity contribution in [3.05, 3.63) is 40.4 Å². The third-order valence-electron chi connectivity index (χ3n) is 5.23. The van der Waals surface area contributed by atoms with Crippen molar-refractivity contribution >= 4 is 11.8 Å². The topological polar surface area (TPSA) is 94.2 Å². The van der Waals surface area contributed by atoms with Crippen LogP contribution in [-0.2, 0) is 6.42 Å². The molecule has 0 aliphatic carbocycles. The van der Waals surface area contributed by atoms with Gasteiger partial charge < -0.3 is 20.1 Å². The lowest BCUT2D eigenvalue weighted by atomic mass is 10.0. The largest absolute Gasteiger partial charge is 0.355 e. The molecule has 2 saturated heterocycles. The van der Waals surface area contributed by atoms with E-state index in [1.807, 2.05) is 24.0 Å². The van der Waals surface area contributed by atoms with E-state index < -0.39 is 0 Å². The number of nitrogens with one attached hydrogen (secondary N) is 2. The third-order valence-corrected chi connectivity index (χ3v) is 5.23. The summed E-state index contributed by atoms with van der Waals surface area (Å²) in [7, 11) is 0. The molecule has 2 aliphatic heterocycles. The van der Waals surface area contributed by atoms with Gasteiger partial charge in [-0.15, -0.1) is 0 Å². The van der Waals surface area contributed by atoms with Gasteiger partial charge in [0, 0.05) is 49.7 Å². The van der Waals surface area contributed by atoms with Gasteiger partial charge in [0.15, 0.2) is 0 Å². The van der Waals surface area contributed by atoms with Crippen LogP contribution in [0.5, 0.6) is 0 Å². The maximum Gasteiger partial charge on any atom is 0.317 e. The van der Waals surface area contributed by atoms with Crippen molar-refractivity contribution in [2.45, 2.75) is 32.2 Å². The zero-order chi connectivity index (χ0) is 18.8. The molecule has 27 heavy (non-hydrogen) atoms. The molecular weight excluding hydrogens is 344 g/mol. The number of H-pyrrole nitrogens is 1. The zero-order valence-corrected chi connectivity index (χ0v) is 15.4. The summed E-state index contributed by atoms with van der Waals surface area (Å²) in [6.07, 6.45) is 4.52. The predicted molar refractivity (Wildman–Crippen MR) is 103 cm³/mol. The van der Waals surface area contributed by atoms with Crippen molar-refractivity contribution in [3.63, 3.8) is 0 Å². The highest BCUT2D eigenvalue weighted by Gasteiger charge is 2.31. The van der Waals surface area contributed by atoms with E-state index in [4.69, 9.17) is 0 Å². The second kappa shape index (κ2) is 7.38. The smallest absolute Gasteiger partial charge is 0.317 e. The van der Waals surface area contributed by atoms with Crippen LogP contribution in [0, 0.1) is 0 Å². The number of anilines is 1. The average Bonchev–Trinajstić information content (AvgIpc) is 3.13. The Bertz CT molecular complexity index is 879. The molecule has 0 radical (unpaired) electrons. The fourth-order valence-electron chi connectivity index (χ4n) is 3.79. The molecule has 0 saturated carbocycles. The summed E-state index contributed by atoms with van der Waals surface area (Å²) in [5.74, 6) is 1.43. The Morgan fingerprint density at radius 2 is 2.15 bits per heavy atom. The minimum atomic E-state index is -0.149. The van der Waals surface area contributed by atoms with Crippen LogP contribution < -0.4 is 15.8 Å². The van der Waals surface area contributed by atoms with Gasteiger partial charge in [0.1, 0.15) is 11.6 Å². The Balaban J connectivity index is 1.51. The molecular formula is C19H24N6O2.